The van der Waals surface area contributed by atoms with Crippen molar-refractivity contribution < 1.29 is 13.6 Å². The predicted octanol–water partition coefficient (Wildman–Crippen LogP) is 3.32. The molecule has 1 aromatic heterocycles. The zero-order valence-corrected chi connectivity index (χ0v) is 9.87. The van der Waals surface area contributed by atoms with Crippen molar-refractivity contribution in [1.82, 2.24) is 0 Å². The van der Waals surface area contributed by atoms with Crippen molar-refractivity contribution in [2.24, 2.45) is 0 Å². The van der Waals surface area contributed by atoms with Gasteiger partial charge in [-0.05, 0) is 35.9 Å². The second-order valence-electron chi connectivity index (χ2n) is 3.59. The van der Waals surface area contributed by atoms with Crippen molar-refractivity contribution in [3.63, 3.8) is 0 Å². The molecule has 1 heterocycles. The van der Waals surface area contributed by atoms with Crippen molar-refractivity contribution in [2.45, 2.75) is 11.3 Å². The van der Waals surface area contributed by atoms with E-state index < -0.39 is 0 Å². The summed E-state index contributed by atoms with van der Waals surface area (Å²) in [5, 5.41) is 0. The number of rotatable bonds is 5. The lowest BCUT2D eigenvalue weighted by Gasteiger charge is -2.00. The molecule has 0 bridgehead atoms. The van der Waals surface area contributed by atoms with Gasteiger partial charge in [-0.1, -0.05) is 0 Å². The first kappa shape index (κ1) is 11.9. The van der Waals surface area contributed by atoms with Gasteiger partial charge in [-0.15, -0.1) is 11.8 Å². The number of hydrogen-bond acceptors (Lipinski definition) is 3. The van der Waals surface area contributed by atoms with E-state index in [-0.39, 0.29) is 11.6 Å². The smallest absolute Gasteiger partial charge is 0.147 e. The first-order valence-electron chi connectivity index (χ1n) is 5.15. The lowest BCUT2D eigenvalue weighted by Crippen LogP contribution is -2.04. The molecule has 2 aromatic rings. The molecular weight excluding hydrogens is 239 g/mol. The van der Waals surface area contributed by atoms with Gasteiger partial charge < -0.3 is 4.42 Å². The van der Waals surface area contributed by atoms with Crippen LogP contribution in [0.5, 0.6) is 0 Å². The van der Waals surface area contributed by atoms with Crippen molar-refractivity contribution in [3.05, 3.63) is 54.2 Å². The maximum Gasteiger partial charge on any atom is 0.147 e. The van der Waals surface area contributed by atoms with Gasteiger partial charge in [0.15, 0.2) is 0 Å². The number of benzene rings is 1. The summed E-state index contributed by atoms with van der Waals surface area (Å²) < 4.78 is 17.5. The molecule has 0 amide bonds. The Balaban J connectivity index is 1.82. The highest BCUT2D eigenvalue weighted by Crippen LogP contribution is 2.18. The van der Waals surface area contributed by atoms with Gasteiger partial charge in [-0.25, -0.2) is 4.39 Å². The third kappa shape index (κ3) is 3.75. The monoisotopic (exact) mass is 250 g/mol. The van der Waals surface area contributed by atoms with E-state index in [0.717, 1.165) is 10.5 Å². The molecule has 2 nitrogen and oxygen atoms in total. The summed E-state index contributed by atoms with van der Waals surface area (Å²) >= 11 is 1.41. The van der Waals surface area contributed by atoms with Crippen molar-refractivity contribution >= 4 is 17.5 Å². The maximum atomic E-state index is 12.7. The third-order valence-corrected chi connectivity index (χ3v) is 3.27. The van der Waals surface area contributed by atoms with Crippen LogP contribution in [-0.2, 0) is 11.2 Å². The number of halogens is 1. The average Bonchev–Trinajstić information content (AvgIpc) is 2.81. The first-order valence-corrected chi connectivity index (χ1v) is 6.14. The number of carbonyl (C=O) groups excluding carboxylic acids is 1. The second-order valence-corrected chi connectivity index (χ2v) is 4.64. The first-order chi connectivity index (χ1) is 8.24. The molecule has 0 spiro atoms. The number of Topliss-reactive ketones (excluding diaryl/α,β-unsaturated/α-hetero) is 1. The molecule has 0 saturated heterocycles. The number of furan rings is 1. The van der Waals surface area contributed by atoms with Gasteiger partial charge in [0.2, 0.25) is 0 Å². The van der Waals surface area contributed by atoms with E-state index in [1.807, 2.05) is 0 Å². The molecule has 0 aliphatic rings. The topological polar surface area (TPSA) is 30.2 Å². The number of hydrogen-bond donors (Lipinski definition) is 0. The number of ketones is 1. The van der Waals surface area contributed by atoms with Crippen LogP contribution in [-0.4, -0.2) is 11.5 Å². The van der Waals surface area contributed by atoms with E-state index in [1.54, 1.807) is 30.7 Å². The highest BCUT2D eigenvalue weighted by atomic mass is 32.2. The van der Waals surface area contributed by atoms with E-state index in [2.05, 4.69) is 0 Å². The van der Waals surface area contributed by atoms with Crippen LogP contribution < -0.4 is 0 Å². The highest BCUT2D eigenvalue weighted by Gasteiger charge is 2.05. The number of carbonyl (C=O) groups is 1. The van der Waals surface area contributed by atoms with E-state index in [9.17, 15) is 9.18 Å². The van der Waals surface area contributed by atoms with Gasteiger partial charge in [0.1, 0.15) is 11.6 Å². The van der Waals surface area contributed by atoms with Crippen LogP contribution in [0.4, 0.5) is 4.39 Å². The van der Waals surface area contributed by atoms with Crippen LogP contribution in [0.2, 0.25) is 0 Å². The molecule has 0 unspecified atom stereocenters. The predicted molar refractivity (Wildman–Crippen MR) is 64.5 cm³/mol. The standard InChI is InChI=1S/C13H11FO2S/c14-11-1-3-13(4-2-11)17-9-12(15)7-10-5-6-16-8-10/h1-6,8H,7,9H2. The fourth-order valence-electron chi connectivity index (χ4n) is 1.37. The molecule has 0 N–H and O–H groups in total. The molecule has 0 saturated carbocycles. The Labute approximate surface area is 103 Å². The van der Waals surface area contributed by atoms with E-state index >= 15 is 0 Å². The van der Waals surface area contributed by atoms with Crippen LogP contribution in [0.15, 0.2) is 52.2 Å². The molecule has 0 fully saturated rings. The SMILES string of the molecule is O=C(CSc1ccc(F)cc1)Cc1ccoc1. The fraction of sp³-hybridized carbons (Fsp3) is 0.154. The van der Waals surface area contributed by atoms with E-state index in [4.69, 9.17) is 4.42 Å². The molecule has 0 atom stereocenters. The zero-order chi connectivity index (χ0) is 12.1. The quantitative estimate of drug-likeness (QED) is 0.762. The van der Waals surface area contributed by atoms with Gasteiger partial charge >= 0.3 is 0 Å². The Bertz CT molecular complexity index is 477. The molecule has 4 heteroatoms. The summed E-state index contributed by atoms with van der Waals surface area (Å²) in [5.41, 5.74) is 0.884. The van der Waals surface area contributed by atoms with Gasteiger partial charge in [-0.2, -0.15) is 0 Å². The second kappa shape index (κ2) is 5.68. The summed E-state index contributed by atoms with van der Waals surface area (Å²) in [7, 11) is 0. The third-order valence-electron chi connectivity index (χ3n) is 2.19. The summed E-state index contributed by atoms with van der Waals surface area (Å²) in [6.07, 6.45) is 3.50. The normalized spacial score (nSPS) is 10.4. The molecule has 0 radical (unpaired) electrons. The molecule has 17 heavy (non-hydrogen) atoms. The van der Waals surface area contributed by atoms with Crippen LogP contribution in [0.3, 0.4) is 0 Å². The molecule has 0 aliphatic carbocycles. The Morgan fingerprint density at radius 2 is 2.00 bits per heavy atom. The lowest BCUT2D eigenvalue weighted by molar-refractivity contribution is -0.116. The minimum absolute atomic E-state index is 0.126. The molecular formula is C13H11FO2S. The van der Waals surface area contributed by atoms with Gasteiger partial charge in [0, 0.05) is 11.3 Å². The van der Waals surface area contributed by atoms with Crippen LogP contribution in [0, 0.1) is 5.82 Å². The molecule has 88 valence electrons. The van der Waals surface area contributed by atoms with Gasteiger partial charge in [0.05, 0.1) is 18.3 Å². The minimum atomic E-state index is -0.265. The van der Waals surface area contributed by atoms with Crippen molar-refractivity contribution in [3.8, 4) is 0 Å². The Hall–Kier alpha value is -1.55. The summed E-state index contributed by atoms with van der Waals surface area (Å²) in [5.74, 6) is 0.247. The molecule has 0 aliphatic heterocycles. The number of thioether (sulfide) groups is 1. The largest absolute Gasteiger partial charge is 0.472 e. The zero-order valence-electron chi connectivity index (χ0n) is 9.06. The van der Waals surface area contributed by atoms with Crippen molar-refractivity contribution in [1.29, 1.82) is 0 Å². The minimum Gasteiger partial charge on any atom is -0.472 e. The molecule has 1 aromatic carbocycles. The Morgan fingerprint density at radius 1 is 1.24 bits per heavy atom. The summed E-state index contributed by atoms with van der Waals surface area (Å²) in [6, 6.07) is 7.91. The van der Waals surface area contributed by atoms with E-state index in [1.165, 1.54) is 23.9 Å². The lowest BCUT2D eigenvalue weighted by atomic mass is 10.2. The maximum absolute atomic E-state index is 12.7. The van der Waals surface area contributed by atoms with Crippen molar-refractivity contribution in [2.75, 3.05) is 5.75 Å². The van der Waals surface area contributed by atoms with Gasteiger partial charge in [0.25, 0.3) is 0 Å². The summed E-state index contributed by atoms with van der Waals surface area (Å²) in [6.45, 7) is 0. The van der Waals surface area contributed by atoms with Crippen LogP contribution in [0.25, 0.3) is 0 Å². The summed E-state index contributed by atoms with van der Waals surface area (Å²) in [4.78, 5) is 12.5. The van der Waals surface area contributed by atoms with Gasteiger partial charge in [-0.3, -0.25) is 4.79 Å². The average molecular weight is 250 g/mol. The van der Waals surface area contributed by atoms with Crippen LogP contribution >= 0.6 is 11.8 Å². The highest BCUT2D eigenvalue weighted by molar-refractivity contribution is 8.00. The fourth-order valence-corrected chi connectivity index (χ4v) is 2.12. The molecule has 2 rings (SSSR count). The van der Waals surface area contributed by atoms with Crippen LogP contribution in [0.1, 0.15) is 5.56 Å². The Kier molecular flexibility index (Phi) is 3.98. The Morgan fingerprint density at radius 3 is 2.65 bits per heavy atom. The van der Waals surface area contributed by atoms with E-state index in [0.29, 0.717) is 12.2 Å².